The van der Waals surface area contributed by atoms with Crippen LogP contribution in [0.2, 0.25) is 0 Å². The SMILES string of the molecule is CCOC(=O)c1csc(NN=C(CC(=O)c2ccc(Br)cc2)C(F)(F)F)n1. The van der Waals surface area contributed by atoms with Gasteiger partial charge in [0.25, 0.3) is 0 Å². The van der Waals surface area contributed by atoms with Gasteiger partial charge in [0.15, 0.2) is 11.5 Å². The van der Waals surface area contributed by atoms with Crippen LogP contribution in [-0.4, -0.2) is 35.2 Å². The monoisotopic (exact) mass is 463 g/mol. The Balaban J connectivity index is 2.13. The van der Waals surface area contributed by atoms with Gasteiger partial charge >= 0.3 is 12.1 Å². The van der Waals surface area contributed by atoms with Crippen molar-refractivity contribution < 1.29 is 27.5 Å². The van der Waals surface area contributed by atoms with Gasteiger partial charge in [-0.05, 0) is 19.1 Å². The molecule has 0 amide bonds. The van der Waals surface area contributed by atoms with E-state index < -0.39 is 30.1 Å². The number of aromatic nitrogens is 1. The minimum absolute atomic E-state index is 0.0316. The number of nitrogens with one attached hydrogen (secondary N) is 1. The fraction of sp³-hybridized carbons (Fsp3) is 0.250. The number of ether oxygens (including phenoxy) is 1. The van der Waals surface area contributed by atoms with Crippen molar-refractivity contribution in [1.82, 2.24) is 4.98 Å². The number of anilines is 1. The van der Waals surface area contributed by atoms with Gasteiger partial charge in [0.1, 0.15) is 5.71 Å². The van der Waals surface area contributed by atoms with E-state index in [0.29, 0.717) is 4.47 Å². The Kier molecular flexibility index (Phi) is 7.08. The maximum Gasteiger partial charge on any atom is 0.431 e. The van der Waals surface area contributed by atoms with E-state index in [0.717, 1.165) is 11.3 Å². The van der Waals surface area contributed by atoms with Crippen molar-refractivity contribution in [1.29, 1.82) is 0 Å². The topological polar surface area (TPSA) is 80.6 Å². The number of ketones is 1. The predicted octanol–water partition coefficient (Wildman–Crippen LogP) is 4.69. The van der Waals surface area contributed by atoms with Gasteiger partial charge in [0.2, 0.25) is 5.13 Å². The van der Waals surface area contributed by atoms with E-state index in [1.54, 1.807) is 19.1 Å². The van der Waals surface area contributed by atoms with E-state index in [-0.39, 0.29) is 23.0 Å². The lowest BCUT2D eigenvalue weighted by molar-refractivity contribution is -0.0602. The first-order chi connectivity index (χ1) is 12.7. The summed E-state index contributed by atoms with van der Waals surface area (Å²) in [6, 6.07) is 5.95. The largest absolute Gasteiger partial charge is 0.461 e. The van der Waals surface area contributed by atoms with Crippen molar-refractivity contribution in [3.63, 3.8) is 0 Å². The molecular formula is C16H13BrF3N3O3S. The van der Waals surface area contributed by atoms with Crippen LogP contribution in [0.15, 0.2) is 39.2 Å². The van der Waals surface area contributed by atoms with Gasteiger partial charge < -0.3 is 4.74 Å². The van der Waals surface area contributed by atoms with Crippen LogP contribution in [-0.2, 0) is 4.74 Å². The van der Waals surface area contributed by atoms with Gasteiger partial charge in [-0.3, -0.25) is 10.2 Å². The van der Waals surface area contributed by atoms with Gasteiger partial charge in [-0.25, -0.2) is 9.78 Å². The number of hydrazone groups is 1. The maximum absolute atomic E-state index is 13.2. The van der Waals surface area contributed by atoms with E-state index in [4.69, 9.17) is 4.74 Å². The van der Waals surface area contributed by atoms with Crippen LogP contribution >= 0.6 is 27.3 Å². The molecule has 2 rings (SSSR count). The minimum atomic E-state index is -4.81. The number of nitrogens with zero attached hydrogens (tertiary/aromatic N) is 2. The number of halogens is 4. The van der Waals surface area contributed by atoms with E-state index in [9.17, 15) is 22.8 Å². The van der Waals surface area contributed by atoms with Crippen molar-refractivity contribution >= 4 is 49.9 Å². The summed E-state index contributed by atoms with van der Waals surface area (Å²) in [6.45, 7) is 1.76. The molecule has 0 aliphatic rings. The number of alkyl halides is 3. The molecule has 0 spiro atoms. The summed E-state index contributed by atoms with van der Waals surface area (Å²) in [7, 11) is 0. The number of hydrogen-bond acceptors (Lipinski definition) is 7. The third kappa shape index (κ3) is 6.14. The highest BCUT2D eigenvalue weighted by molar-refractivity contribution is 9.10. The number of carbonyl (C=O) groups excluding carboxylic acids is 2. The molecule has 144 valence electrons. The van der Waals surface area contributed by atoms with Crippen molar-refractivity contribution in [2.75, 3.05) is 12.0 Å². The van der Waals surface area contributed by atoms with Crippen LogP contribution in [0.1, 0.15) is 34.2 Å². The molecule has 0 atom stereocenters. The molecule has 0 bridgehead atoms. The minimum Gasteiger partial charge on any atom is -0.461 e. The standard InChI is InChI=1S/C16H13BrF3N3O3S/c1-2-26-14(25)11-8-27-15(21-11)23-22-13(16(18,19)20)7-12(24)9-3-5-10(17)6-4-9/h3-6,8H,2,7H2,1H3,(H,21,23). The summed E-state index contributed by atoms with van der Waals surface area (Å²) in [5.74, 6) is -1.42. The Labute approximate surface area is 164 Å². The molecule has 0 fully saturated rings. The van der Waals surface area contributed by atoms with E-state index in [2.05, 4.69) is 31.4 Å². The Morgan fingerprint density at radius 3 is 2.56 bits per heavy atom. The lowest BCUT2D eigenvalue weighted by Crippen LogP contribution is -2.27. The fourth-order valence-electron chi connectivity index (χ4n) is 1.83. The maximum atomic E-state index is 13.2. The zero-order chi connectivity index (χ0) is 20.0. The summed E-state index contributed by atoms with van der Waals surface area (Å²) in [5, 5.41) is 4.57. The molecule has 2 aromatic rings. The molecule has 0 saturated carbocycles. The fourth-order valence-corrected chi connectivity index (χ4v) is 2.72. The van der Waals surface area contributed by atoms with Gasteiger partial charge in [0.05, 0.1) is 13.0 Å². The van der Waals surface area contributed by atoms with Gasteiger partial charge in [-0.2, -0.15) is 18.3 Å². The highest BCUT2D eigenvalue weighted by Crippen LogP contribution is 2.23. The first kappa shape index (κ1) is 21.0. The van der Waals surface area contributed by atoms with Crippen LogP contribution in [0.5, 0.6) is 0 Å². The normalized spacial score (nSPS) is 12.0. The Morgan fingerprint density at radius 2 is 1.96 bits per heavy atom. The molecule has 1 aromatic carbocycles. The second kappa shape index (κ2) is 9.09. The molecule has 1 N–H and O–H groups in total. The molecule has 6 nitrogen and oxygen atoms in total. The van der Waals surface area contributed by atoms with Crippen molar-refractivity contribution in [3.05, 3.63) is 45.4 Å². The number of thiazole rings is 1. The highest BCUT2D eigenvalue weighted by atomic mass is 79.9. The Bertz CT molecular complexity index is 851. The smallest absolute Gasteiger partial charge is 0.431 e. The molecule has 27 heavy (non-hydrogen) atoms. The first-order valence-corrected chi connectivity index (χ1v) is 9.19. The van der Waals surface area contributed by atoms with Crippen LogP contribution in [0.3, 0.4) is 0 Å². The van der Waals surface area contributed by atoms with Gasteiger partial charge in [-0.1, -0.05) is 28.1 Å². The lowest BCUT2D eigenvalue weighted by Gasteiger charge is -2.10. The zero-order valence-corrected chi connectivity index (χ0v) is 16.2. The Morgan fingerprint density at radius 1 is 1.30 bits per heavy atom. The van der Waals surface area contributed by atoms with Crippen LogP contribution in [0, 0.1) is 0 Å². The number of esters is 1. The molecule has 0 radical (unpaired) electrons. The second-order valence-electron chi connectivity index (χ2n) is 5.03. The van der Waals surface area contributed by atoms with Crippen molar-refractivity contribution in [2.24, 2.45) is 5.10 Å². The summed E-state index contributed by atoms with van der Waals surface area (Å²) in [4.78, 5) is 27.4. The quantitative estimate of drug-likeness (QED) is 0.279. The summed E-state index contributed by atoms with van der Waals surface area (Å²) >= 11 is 4.07. The van der Waals surface area contributed by atoms with Gasteiger partial charge in [-0.15, -0.1) is 11.3 Å². The summed E-state index contributed by atoms with van der Waals surface area (Å²) in [6.07, 6.45) is -5.74. The van der Waals surface area contributed by atoms with E-state index in [1.807, 2.05) is 0 Å². The zero-order valence-electron chi connectivity index (χ0n) is 13.8. The van der Waals surface area contributed by atoms with E-state index in [1.165, 1.54) is 17.5 Å². The molecule has 0 unspecified atom stereocenters. The summed E-state index contributed by atoms with van der Waals surface area (Å²) in [5.41, 5.74) is 0.931. The third-order valence-corrected chi connectivity index (χ3v) is 4.37. The number of Topliss-reactive ketones (excluding diaryl/α,β-unsaturated/α-hetero) is 1. The molecular weight excluding hydrogens is 451 g/mol. The number of benzene rings is 1. The molecule has 0 aliphatic heterocycles. The van der Waals surface area contributed by atoms with Crippen molar-refractivity contribution in [3.8, 4) is 0 Å². The number of hydrogen-bond donors (Lipinski definition) is 1. The lowest BCUT2D eigenvalue weighted by atomic mass is 10.1. The molecule has 0 aliphatic carbocycles. The average Bonchev–Trinajstić information content (AvgIpc) is 3.07. The number of carbonyl (C=O) groups is 2. The van der Waals surface area contributed by atoms with Crippen molar-refractivity contribution in [2.45, 2.75) is 19.5 Å². The Hall–Kier alpha value is -2.27. The van der Waals surface area contributed by atoms with E-state index >= 15 is 0 Å². The third-order valence-electron chi connectivity index (χ3n) is 3.10. The van der Waals surface area contributed by atoms with Crippen LogP contribution in [0.25, 0.3) is 0 Å². The number of rotatable bonds is 7. The molecule has 1 heterocycles. The summed E-state index contributed by atoms with van der Waals surface area (Å²) < 4.78 is 45.0. The molecule has 0 saturated heterocycles. The van der Waals surface area contributed by atoms with Crippen LogP contribution < -0.4 is 5.43 Å². The molecule has 1 aromatic heterocycles. The highest BCUT2D eigenvalue weighted by Gasteiger charge is 2.37. The molecule has 11 heteroatoms. The predicted molar refractivity (Wildman–Crippen MR) is 98.3 cm³/mol. The average molecular weight is 464 g/mol. The first-order valence-electron chi connectivity index (χ1n) is 7.52. The second-order valence-corrected chi connectivity index (χ2v) is 6.81. The van der Waals surface area contributed by atoms with Gasteiger partial charge in [0, 0.05) is 15.4 Å². The van der Waals surface area contributed by atoms with Crippen LogP contribution in [0.4, 0.5) is 18.3 Å².